The van der Waals surface area contributed by atoms with Crippen molar-refractivity contribution in [2.75, 3.05) is 16.3 Å². The average molecular weight is 446 g/mol. The van der Waals surface area contributed by atoms with Crippen molar-refractivity contribution in [1.29, 1.82) is 0 Å². The number of rotatable bonds is 6. The molecule has 0 unspecified atom stereocenters. The molecule has 8 nitrogen and oxygen atoms in total. The third kappa shape index (κ3) is 4.47. The number of carbonyl (C=O) groups is 1. The molecule has 1 amide bonds. The number of fused-ring (bicyclic) bond motifs is 1. The lowest BCUT2D eigenvalue weighted by atomic mass is 10.1. The smallest absolute Gasteiger partial charge is 0.230 e. The highest BCUT2D eigenvalue weighted by Gasteiger charge is 2.15. The van der Waals surface area contributed by atoms with Crippen LogP contribution in [-0.4, -0.2) is 35.5 Å². The SMILES string of the molecule is CS(=O)(=O)Nc1cccc(CC(=O)Nc2nc(-c3c[nH]c4nccc(F)c34)cs2)c1. The fourth-order valence-electron chi connectivity index (χ4n) is 2.98. The maximum Gasteiger partial charge on any atom is 0.230 e. The predicted molar refractivity (Wildman–Crippen MR) is 114 cm³/mol. The summed E-state index contributed by atoms with van der Waals surface area (Å²) in [5.74, 6) is -0.711. The van der Waals surface area contributed by atoms with Gasteiger partial charge < -0.3 is 10.3 Å². The molecule has 0 radical (unpaired) electrons. The number of hydrogen-bond donors (Lipinski definition) is 3. The van der Waals surface area contributed by atoms with E-state index in [1.54, 1.807) is 35.8 Å². The van der Waals surface area contributed by atoms with Crippen LogP contribution in [0.4, 0.5) is 15.2 Å². The van der Waals surface area contributed by atoms with Crippen molar-refractivity contribution in [2.24, 2.45) is 0 Å². The zero-order valence-electron chi connectivity index (χ0n) is 15.6. The Morgan fingerprint density at radius 1 is 1.30 bits per heavy atom. The summed E-state index contributed by atoms with van der Waals surface area (Å²) in [4.78, 5) is 23.7. The number of aromatic amines is 1. The number of thiazole rings is 1. The summed E-state index contributed by atoms with van der Waals surface area (Å²) < 4.78 is 39.2. The van der Waals surface area contributed by atoms with Gasteiger partial charge >= 0.3 is 0 Å². The van der Waals surface area contributed by atoms with E-state index in [0.717, 1.165) is 6.26 Å². The highest BCUT2D eigenvalue weighted by Crippen LogP contribution is 2.31. The quantitative estimate of drug-likeness (QED) is 0.421. The molecule has 1 aromatic carbocycles. The highest BCUT2D eigenvalue weighted by molar-refractivity contribution is 7.92. The predicted octanol–water partition coefficient (Wildman–Crippen LogP) is 3.38. The van der Waals surface area contributed by atoms with Crippen LogP contribution in [0.5, 0.6) is 0 Å². The van der Waals surface area contributed by atoms with E-state index < -0.39 is 15.8 Å². The number of benzene rings is 1. The fourth-order valence-corrected chi connectivity index (χ4v) is 4.26. The number of pyridine rings is 1. The number of anilines is 2. The number of nitrogens with one attached hydrogen (secondary N) is 3. The van der Waals surface area contributed by atoms with Crippen molar-refractivity contribution in [3.8, 4) is 11.3 Å². The van der Waals surface area contributed by atoms with Gasteiger partial charge in [-0.05, 0) is 23.8 Å². The van der Waals surface area contributed by atoms with E-state index in [-0.39, 0.29) is 12.3 Å². The molecule has 3 N–H and O–H groups in total. The van der Waals surface area contributed by atoms with Gasteiger partial charge in [0, 0.05) is 29.0 Å². The average Bonchev–Trinajstić information content (AvgIpc) is 3.28. The largest absolute Gasteiger partial charge is 0.345 e. The Morgan fingerprint density at radius 3 is 2.93 bits per heavy atom. The van der Waals surface area contributed by atoms with Crippen LogP contribution in [0.1, 0.15) is 5.56 Å². The van der Waals surface area contributed by atoms with Gasteiger partial charge in [0.1, 0.15) is 11.5 Å². The molecule has 0 aliphatic heterocycles. The molecule has 0 saturated heterocycles. The Labute approximate surface area is 175 Å². The van der Waals surface area contributed by atoms with Crippen LogP contribution < -0.4 is 10.0 Å². The molecule has 0 spiro atoms. The van der Waals surface area contributed by atoms with Gasteiger partial charge in [-0.2, -0.15) is 0 Å². The molecule has 30 heavy (non-hydrogen) atoms. The number of sulfonamides is 1. The van der Waals surface area contributed by atoms with E-state index in [1.165, 1.54) is 23.6 Å². The highest BCUT2D eigenvalue weighted by atomic mass is 32.2. The van der Waals surface area contributed by atoms with Gasteiger partial charge in [-0.1, -0.05) is 12.1 Å². The number of amides is 1. The van der Waals surface area contributed by atoms with Crippen molar-refractivity contribution >= 4 is 49.1 Å². The molecule has 0 atom stereocenters. The van der Waals surface area contributed by atoms with Gasteiger partial charge in [0.05, 0.1) is 23.8 Å². The van der Waals surface area contributed by atoms with Crippen molar-refractivity contribution in [2.45, 2.75) is 6.42 Å². The Morgan fingerprint density at radius 2 is 2.13 bits per heavy atom. The van der Waals surface area contributed by atoms with Gasteiger partial charge in [-0.15, -0.1) is 11.3 Å². The van der Waals surface area contributed by atoms with E-state index >= 15 is 0 Å². The van der Waals surface area contributed by atoms with Crippen molar-refractivity contribution in [3.05, 3.63) is 59.5 Å². The Kier molecular flexibility index (Phi) is 5.22. The minimum Gasteiger partial charge on any atom is -0.345 e. The normalized spacial score (nSPS) is 11.5. The summed E-state index contributed by atoms with van der Waals surface area (Å²) in [6.45, 7) is 0. The second kappa shape index (κ2) is 7.84. The minimum atomic E-state index is -3.40. The van der Waals surface area contributed by atoms with Crippen LogP contribution in [0, 0.1) is 5.82 Å². The topological polar surface area (TPSA) is 117 Å². The summed E-state index contributed by atoms with van der Waals surface area (Å²) in [6.07, 6.45) is 4.11. The zero-order chi connectivity index (χ0) is 21.3. The van der Waals surface area contributed by atoms with Gasteiger partial charge in [-0.3, -0.25) is 9.52 Å². The summed E-state index contributed by atoms with van der Waals surface area (Å²) in [5, 5.41) is 5.15. The molecule has 154 valence electrons. The summed E-state index contributed by atoms with van der Waals surface area (Å²) in [7, 11) is -3.40. The Bertz CT molecular complexity index is 1350. The monoisotopic (exact) mass is 445 g/mol. The summed E-state index contributed by atoms with van der Waals surface area (Å²) >= 11 is 1.22. The van der Waals surface area contributed by atoms with Gasteiger partial charge in [0.25, 0.3) is 0 Å². The van der Waals surface area contributed by atoms with E-state index in [2.05, 4.69) is 25.0 Å². The molecule has 11 heteroatoms. The number of hydrogen-bond acceptors (Lipinski definition) is 6. The molecule has 4 rings (SSSR count). The minimum absolute atomic E-state index is 0.0415. The second-order valence-electron chi connectivity index (χ2n) is 6.56. The van der Waals surface area contributed by atoms with E-state index in [4.69, 9.17) is 0 Å². The first-order chi connectivity index (χ1) is 14.3. The van der Waals surface area contributed by atoms with Crippen molar-refractivity contribution < 1.29 is 17.6 Å². The number of carbonyl (C=O) groups excluding carboxylic acids is 1. The summed E-state index contributed by atoms with van der Waals surface area (Å²) in [6, 6.07) is 7.86. The maximum absolute atomic E-state index is 14.2. The molecular formula is C19H16FN5O3S2. The number of H-pyrrole nitrogens is 1. The maximum atomic E-state index is 14.2. The lowest BCUT2D eigenvalue weighted by molar-refractivity contribution is -0.115. The molecule has 0 bridgehead atoms. The summed E-state index contributed by atoms with van der Waals surface area (Å²) in [5.41, 5.74) is 2.53. The second-order valence-corrected chi connectivity index (χ2v) is 9.16. The van der Waals surface area contributed by atoms with Gasteiger partial charge in [0.2, 0.25) is 15.9 Å². The molecule has 3 aromatic heterocycles. The third-order valence-corrected chi connectivity index (χ3v) is 5.51. The Balaban J connectivity index is 1.48. The first kappa shape index (κ1) is 20.0. The Hall–Kier alpha value is -3.31. The molecule has 3 heterocycles. The van der Waals surface area contributed by atoms with Crippen LogP contribution >= 0.6 is 11.3 Å². The third-order valence-electron chi connectivity index (χ3n) is 4.14. The molecule has 0 fully saturated rings. The van der Waals surface area contributed by atoms with Crippen LogP contribution in [0.2, 0.25) is 0 Å². The molecule has 0 aliphatic carbocycles. The van der Waals surface area contributed by atoms with Crippen LogP contribution in [0.25, 0.3) is 22.3 Å². The zero-order valence-corrected chi connectivity index (χ0v) is 17.3. The molecule has 4 aromatic rings. The first-order valence-corrected chi connectivity index (χ1v) is 11.5. The number of nitrogens with zero attached hydrogens (tertiary/aromatic N) is 2. The fraction of sp³-hybridized carbons (Fsp3) is 0.105. The van der Waals surface area contributed by atoms with E-state index in [9.17, 15) is 17.6 Å². The van der Waals surface area contributed by atoms with Crippen molar-refractivity contribution in [3.63, 3.8) is 0 Å². The van der Waals surface area contributed by atoms with Crippen LogP contribution in [0.3, 0.4) is 0 Å². The molecule has 0 saturated carbocycles. The van der Waals surface area contributed by atoms with Crippen molar-refractivity contribution in [1.82, 2.24) is 15.0 Å². The first-order valence-electron chi connectivity index (χ1n) is 8.72. The molecular weight excluding hydrogens is 429 g/mol. The van der Waals surface area contributed by atoms with Crippen LogP contribution in [-0.2, 0) is 21.2 Å². The number of aromatic nitrogens is 3. The van der Waals surface area contributed by atoms with Gasteiger partial charge in [-0.25, -0.2) is 22.8 Å². The lowest BCUT2D eigenvalue weighted by Gasteiger charge is -2.06. The van der Waals surface area contributed by atoms with E-state index in [0.29, 0.717) is 38.7 Å². The van der Waals surface area contributed by atoms with Gasteiger partial charge in [0.15, 0.2) is 5.13 Å². The van der Waals surface area contributed by atoms with Crippen LogP contribution in [0.15, 0.2) is 48.1 Å². The molecule has 0 aliphatic rings. The van der Waals surface area contributed by atoms with E-state index in [1.807, 2.05) is 0 Å². The number of halogens is 1. The standard InChI is InChI=1S/C19H16FN5O3S2/c1-30(27,28)25-12-4-2-3-11(7-12)8-16(26)24-19-23-15(10-29-19)13-9-22-18-17(13)14(20)5-6-21-18/h2-7,9-10,25H,8H2,1H3,(H,21,22)(H,23,24,26). The lowest BCUT2D eigenvalue weighted by Crippen LogP contribution is -2.15.